The van der Waals surface area contributed by atoms with E-state index in [2.05, 4.69) is 27.7 Å². The van der Waals surface area contributed by atoms with Gasteiger partial charge in [-0.3, -0.25) is 14.6 Å². The Bertz CT molecular complexity index is 214. The molecule has 4 heteroatoms. The predicted molar refractivity (Wildman–Crippen MR) is 38.8 cm³/mol. The van der Waals surface area contributed by atoms with Crippen molar-refractivity contribution in [1.82, 2.24) is 9.78 Å². The number of aryl methyl sites for hydroxylation is 1. The van der Waals surface area contributed by atoms with Crippen LogP contribution in [0.1, 0.15) is 0 Å². The molecule has 0 bridgehead atoms. The summed E-state index contributed by atoms with van der Waals surface area (Å²) in [6.07, 6.45) is 0. The lowest BCUT2D eigenvalue weighted by Crippen LogP contribution is -2.00. The molecule has 0 atom stereocenters. The largest absolute Gasteiger partial charge is 0.282 e. The van der Waals surface area contributed by atoms with Crippen molar-refractivity contribution in [3.05, 3.63) is 20.1 Å². The lowest BCUT2D eigenvalue weighted by molar-refractivity contribution is 0.738. The third kappa shape index (κ3) is 0.936. The van der Waals surface area contributed by atoms with Crippen LogP contribution in [-0.4, -0.2) is 9.78 Å². The molecule has 3 nitrogen and oxygen atoms in total. The van der Waals surface area contributed by atoms with E-state index >= 15 is 0 Å². The number of nitrogens with zero attached hydrogens (tertiary/aromatic N) is 1. The fraction of sp³-hybridized carbons (Fsp3) is 0.250. The van der Waals surface area contributed by atoms with E-state index in [9.17, 15) is 4.79 Å². The Morgan fingerprint density at radius 2 is 2.50 bits per heavy atom. The van der Waals surface area contributed by atoms with Crippen LogP contribution in [0.5, 0.6) is 0 Å². The van der Waals surface area contributed by atoms with Crippen LogP contribution in [0.25, 0.3) is 0 Å². The van der Waals surface area contributed by atoms with E-state index in [0.29, 0.717) is 0 Å². The van der Waals surface area contributed by atoms with Crippen molar-refractivity contribution in [1.29, 1.82) is 0 Å². The van der Waals surface area contributed by atoms with Crippen molar-refractivity contribution < 1.29 is 0 Å². The van der Waals surface area contributed by atoms with Crippen molar-refractivity contribution in [3.8, 4) is 0 Å². The van der Waals surface area contributed by atoms with Crippen molar-refractivity contribution in [2.45, 2.75) is 0 Å². The van der Waals surface area contributed by atoms with E-state index in [-0.39, 0.29) is 5.56 Å². The quantitative estimate of drug-likeness (QED) is 0.633. The smallest absolute Gasteiger partial charge is 0.265 e. The zero-order valence-corrected chi connectivity index (χ0v) is 6.47. The summed E-state index contributed by atoms with van der Waals surface area (Å²) in [5.41, 5.74) is -0.0445. The number of hydrogen-bond acceptors (Lipinski definition) is 1. The average Bonchev–Trinajstić information content (AvgIpc) is 1.85. The second-order valence-corrected chi connectivity index (χ2v) is 2.61. The fourth-order valence-corrected chi connectivity index (χ4v) is 0.859. The van der Waals surface area contributed by atoms with Gasteiger partial charge in [0.15, 0.2) is 0 Å². The molecular formula is C4H5IN2O. The minimum Gasteiger partial charge on any atom is -0.282 e. The van der Waals surface area contributed by atoms with Crippen molar-refractivity contribution >= 4 is 22.6 Å². The molecule has 1 aromatic rings. The van der Waals surface area contributed by atoms with Gasteiger partial charge in [0.2, 0.25) is 0 Å². The molecule has 0 saturated heterocycles. The van der Waals surface area contributed by atoms with Gasteiger partial charge >= 0.3 is 0 Å². The lowest BCUT2D eigenvalue weighted by atomic mass is 10.7. The van der Waals surface area contributed by atoms with Gasteiger partial charge in [-0.2, -0.15) is 0 Å². The molecule has 0 aromatic carbocycles. The number of H-pyrrole nitrogens is 1. The summed E-state index contributed by atoms with van der Waals surface area (Å²) >= 11 is 2.08. The Kier molecular flexibility index (Phi) is 1.41. The fourth-order valence-electron chi connectivity index (χ4n) is 0.456. The van der Waals surface area contributed by atoms with E-state index < -0.39 is 0 Å². The molecule has 0 spiro atoms. The monoisotopic (exact) mass is 224 g/mol. The van der Waals surface area contributed by atoms with Crippen LogP contribution < -0.4 is 5.56 Å². The summed E-state index contributed by atoms with van der Waals surface area (Å²) in [4.78, 5) is 10.4. The summed E-state index contributed by atoms with van der Waals surface area (Å²) in [5, 5.41) is 2.56. The van der Waals surface area contributed by atoms with E-state index in [1.165, 1.54) is 0 Å². The van der Waals surface area contributed by atoms with Gasteiger partial charge in [0, 0.05) is 13.1 Å². The summed E-state index contributed by atoms with van der Waals surface area (Å²) in [6, 6.07) is 1.54. The topological polar surface area (TPSA) is 37.8 Å². The van der Waals surface area contributed by atoms with Gasteiger partial charge in [0.25, 0.3) is 5.56 Å². The highest BCUT2D eigenvalue weighted by atomic mass is 127. The van der Waals surface area contributed by atoms with Crippen LogP contribution in [-0.2, 0) is 7.05 Å². The molecule has 0 unspecified atom stereocenters. The second-order valence-electron chi connectivity index (χ2n) is 1.50. The van der Waals surface area contributed by atoms with Crippen LogP contribution >= 0.6 is 22.6 Å². The Labute approximate surface area is 59.8 Å². The zero-order chi connectivity index (χ0) is 6.15. The van der Waals surface area contributed by atoms with E-state index in [1.54, 1.807) is 17.8 Å². The highest BCUT2D eigenvalue weighted by Gasteiger charge is 1.91. The first-order valence-corrected chi connectivity index (χ1v) is 3.19. The minimum absolute atomic E-state index is 0.0445. The van der Waals surface area contributed by atoms with E-state index in [0.717, 1.165) is 3.70 Å². The third-order valence-corrected chi connectivity index (χ3v) is 1.88. The van der Waals surface area contributed by atoms with Crippen LogP contribution in [0.3, 0.4) is 0 Å². The number of nitrogens with one attached hydrogen (secondary N) is 1. The Morgan fingerprint density at radius 1 is 1.88 bits per heavy atom. The molecule has 1 rings (SSSR count). The molecule has 0 aliphatic heterocycles. The molecule has 8 heavy (non-hydrogen) atoms. The van der Waals surface area contributed by atoms with Crippen molar-refractivity contribution in [3.63, 3.8) is 0 Å². The second kappa shape index (κ2) is 1.93. The van der Waals surface area contributed by atoms with Gasteiger partial charge in [-0.25, -0.2) is 0 Å². The average molecular weight is 224 g/mol. The first-order valence-electron chi connectivity index (χ1n) is 2.11. The number of rotatable bonds is 0. The number of aromatic nitrogens is 2. The maximum absolute atomic E-state index is 10.4. The summed E-state index contributed by atoms with van der Waals surface area (Å²) < 4.78 is 2.59. The Morgan fingerprint density at radius 3 is 2.62 bits per heavy atom. The molecule has 0 aliphatic carbocycles. The maximum Gasteiger partial charge on any atom is 0.265 e. The molecule has 0 aliphatic rings. The van der Waals surface area contributed by atoms with Gasteiger partial charge in [-0.05, 0) is 22.6 Å². The standard InChI is InChI=1S/C4H5IN2O/c1-7-3(5)2-4(8)6-7/h2H,1H3,(H,6,8). The highest BCUT2D eigenvalue weighted by molar-refractivity contribution is 14.1. The van der Waals surface area contributed by atoms with Crippen LogP contribution in [0, 0.1) is 3.70 Å². The number of hydrogen-bond donors (Lipinski definition) is 1. The first kappa shape index (κ1) is 5.87. The van der Waals surface area contributed by atoms with Gasteiger partial charge in [0.05, 0.1) is 0 Å². The summed E-state index contributed by atoms with van der Waals surface area (Å²) in [7, 11) is 1.79. The van der Waals surface area contributed by atoms with Crippen LogP contribution in [0.15, 0.2) is 10.9 Å². The molecule has 0 radical (unpaired) electrons. The molecule has 1 heterocycles. The van der Waals surface area contributed by atoms with Gasteiger partial charge in [-0.1, -0.05) is 0 Å². The summed E-state index contributed by atoms with van der Waals surface area (Å²) in [5.74, 6) is 0. The molecule has 0 amide bonds. The predicted octanol–water partition coefficient (Wildman–Crippen LogP) is 0.318. The molecule has 0 saturated carbocycles. The number of aromatic amines is 1. The highest BCUT2D eigenvalue weighted by Crippen LogP contribution is 1.94. The Hall–Kier alpha value is -0.260. The zero-order valence-electron chi connectivity index (χ0n) is 4.31. The Balaban J connectivity index is 3.35. The van der Waals surface area contributed by atoms with E-state index in [4.69, 9.17) is 0 Å². The van der Waals surface area contributed by atoms with Crippen molar-refractivity contribution in [2.75, 3.05) is 0 Å². The molecular weight excluding hydrogens is 219 g/mol. The van der Waals surface area contributed by atoms with Crippen molar-refractivity contribution in [2.24, 2.45) is 7.05 Å². The molecule has 0 fully saturated rings. The SMILES string of the molecule is Cn1[nH]c(=O)cc1I. The molecule has 1 aromatic heterocycles. The normalized spacial score (nSPS) is 9.75. The van der Waals surface area contributed by atoms with E-state index in [1.807, 2.05) is 0 Å². The van der Waals surface area contributed by atoms with Gasteiger partial charge < -0.3 is 0 Å². The number of halogens is 1. The molecule has 1 N–H and O–H groups in total. The lowest BCUT2D eigenvalue weighted by Gasteiger charge is -1.87. The van der Waals surface area contributed by atoms with Crippen LogP contribution in [0.4, 0.5) is 0 Å². The van der Waals surface area contributed by atoms with Gasteiger partial charge in [-0.15, -0.1) is 0 Å². The summed E-state index contributed by atoms with van der Waals surface area (Å²) in [6.45, 7) is 0. The third-order valence-electron chi connectivity index (χ3n) is 0.849. The van der Waals surface area contributed by atoms with Crippen LogP contribution in [0.2, 0.25) is 0 Å². The van der Waals surface area contributed by atoms with Gasteiger partial charge in [0.1, 0.15) is 3.70 Å². The molecule has 44 valence electrons. The minimum atomic E-state index is -0.0445. The first-order chi connectivity index (χ1) is 3.70. The maximum atomic E-state index is 10.4.